The van der Waals surface area contributed by atoms with Gasteiger partial charge in [-0.3, -0.25) is 0 Å². The molecule has 0 spiro atoms. The Morgan fingerprint density at radius 1 is 0.310 bits per heavy atom. The minimum absolute atomic E-state index is 0.0116. The van der Waals surface area contributed by atoms with Gasteiger partial charge in [0.1, 0.15) is 11.5 Å². The van der Waals surface area contributed by atoms with E-state index in [4.69, 9.17) is 4.74 Å². The van der Waals surface area contributed by atoms with Gasteiger partial charge in [0.15, 0.2) is 0 Å². The van der Waals surface area contributed by atoms with Crippen LogP contribution in [0.4, 0.5) is 0 Å². The minimum atomic E-state index is -0.0116. The van der Waals surface area contributed by atoms with E-state index in [2.05, 4.69) is 209 Å². The standard InChI is InChI=1S/C54H33BN2O/c1-2-15-37-36(14-1)38-30-28-34(32-44(38)39-16-3-7-21-46(39)55-47-22-8-12-26-52(47)58-53-27-13-20-43(37)54(53)55)57-50-25-11-6-19-42(50)45-33-35(29-31-51(45)57)56-48-23-9-4-17-40(48)41-18-5-10-24-49(41)56/h1-33H. The maximum atomic E-state index is 6.69. The Kier molecular flexibility index (Phi) is 6.53. The zero-order valence-corrected chi connectivity index (χ0v) is 31.4. The van der Waals surface area contributed by atoms with Crippen LogP contribution in [0.5, 0.6) is 11.5 Å². The van der Waals surface area contributed by atoms with Crippen molar-refractivity contribution >= 4 is 66.7 Å². The van der Waals surface area contributed by atoms with Gasteiger partial charge in [-0.1, -0.05) is 145 Å². The Hall–Kier alpha value is -7.56. The molecule has 4 heterocycles. The number of fused-ring (bicyclic) bond motifs is 15. The van der Waals surface area contributed by atoms with Crippen LogP contribution in [0, 0.1) is 0 Å². The van der Waals surface area contributed by atoms with Gasteiger partial charge in [0, 0.05) is 32.9 Å². The van der Waals surface area contributed by atoms with Crippen LogP contribution in [-0.4, -0.2) is 15.8 Å². The number of nitrogens with zero attached hydrogens (tertiary/aromatic N) is 2. The number of hydrogen-bond donors (Lipinski definition) is 0. The maximum absolute atomic E-state index is 6.69. The summed E-state index contributed by atoms with van der Waals surface area (Å²) in [6.07, 6.45) is 0. The van der Waals surface area contributed by atoms with E-state index in [-0.39, 0.29) is 6.71 Å². The minimum Gasteiger partial charge on any atom is -0.458 e. The molecule has 0 bridgehead atoms. The molecule has 13 rings (SSSR count). The molecule has 0 aliphatic carbocycles. The van der Waals surface area contributed by atoms with Gasteiger partial charge >= 0.3 is 0 Å². The number of aromatic nitrogens is 2. The fourth-order valence-corrected chi connectivity index (χ4v) is 10.2. The summed E-state index contributed by atoms with van der Waals surface area (Å²) >= 11 is 0. The third-order valence-electron chi connectivity index (χ3n) is 12.6. The number of benzene rings is 9. The molecule has 2 aliphatic heterocycles. The highest BCUT2D eigenvalue weighted by Crippen LogP contribution is 2.43. The second-order valence-electron chi connectivity index (χ2n) is 15.6. The summed E-state index contributed by atoms with van der Waals surface area (Å²) in [5.74, 6) is 1.84. The summed E-state index contributed by atoms with van der Waals surface area (Å²) < 4.78 is 11.6. The number of hydrogen-bond acceptors (Lipinski definition) is 1. The fourth-order valence-electron chi connectivity index (χ4n) is 10.2. The molecule has 4 heteroatoms. The average molecular weight is 737 g/mol. The van der Waals surface area contributed by atoms with Gasteiger partial charge in [0.25, 0.3) is 6.71 Å². The van der Waals surface area contributed by atoms with Gasteiger partial charge in [0.05, 0.1) is 22.1 Å². The third-order valence-corrected chi connectivity index (χ3v) is 12.6. The van der Waals surface area contributed by atoms with Crippen molar-refractivity contribution in [3.05, 3.63) is 200 Å². The highest BCUT2D eigenvalue weighted by molar-refractivity contribution is 6.98. The van der Waals surface area contributed by atoms with E-state index in [1.165, 1.54) is 93.4 Å². The monoisotopic (exact) mass is 736 g/mol. The molecular weight excluding hydrogens is 703 g/mol. The van der Waals surface area contributed by atoms with Crippen molar-refractivity contribution in [3.8, 4) is 56.3 Å². The van der Waals surface area contributed by atoms with E-state index in [1.54, 1.807) is 0 Å². The van der Waals surface area contributed by atoms with E-state index in [1.807, 2.05) is 0 Å². The number of rotatable bonds is 2. The Labute approximate surface area is 335 Å². The van der Waals surface area contributed by atoms with Crippen molar-refractivity contribution in [1.82, 2.24) is 9.13 Å². The maximum Gasteiger partial charge on any atom is 0.252 e. The molecule has 0 unspecified atom stereocenters. The lowest BCUT2D eigenvalue weighted by Gasteiger charge is -2.29. The van der Waals surface area contributed by atoms with E-state index in [0.29, 0.717) is 0 Å². The predicted octanol–water partition coefficient (Wildman–Crippen LogP) is 11.8. The summed E-state index contributed by atoms with van der Waals surface area (Å²) in [5.41, 5.74) is 18.0. The van der Waals surface area contributed by atoms with Crippen LogP contribution in [0.1, 0.15) is 0 Å². The molecule has 2 aromatic heterocycles. The molecule has 2 aliphatic rings. The lowest BCUT2D eigenvalue weighted by molar-refractivity contribution is 0.487. The van der Waals surface area contributed by atoms with Crippen molar-refractivity contribution in [2.45, 2.75) is 0 Å². The molecule has 3 nitrogen and oxygen atoms in total. The molecule has 0 saturated carbocycles. The zero-order chi connectivity index (χ0) is 37.9. The van der Waals surface area contributed by atoms with Crippen molar-refractivity contribution in [2.24, 2.45) is 0 Å². The normalized spacial score (nSPS) is 12.6. The zero-order valence-electron chi connectivity index (χ0n) is 31.4. The smallest absolute Gasteiger partial charge is 0.252 e. The van der Waals surface area contributed by atoms with Crippen molar-refractivity contribution in [3.63, 3.8) is 0 Å². The lowest BCUT2D eigenvalue weighted by Crippen LogP contribution is -2.56. The van der Waals surface area contributed by atoms with Crippen LogP contribution in [-0.2, 0) is 0 Å². The van der Waals surface area contributed by atoms with Gasteiger partial charge in [-0.05, 0) is 105 Å². The average Bonchev–Trinajstić information content (AvgIpc) is 3.81. The molecule has 0 N–H and O–H groups in total. The van der Waals surface area contributed by atoms with E-state index in [9.17, 15) is 0 Å². The number of para-hydroxylation sites is 4. The third kappa shape index (κ3) is 4.34. The Morgan fingerprint density at radius 3 is 1.52 bits per heavy atom. The summed E-state index contributed by atoms with van der Waals surface area (Å²) in [6.45, 7) is -0.0116. The van der Waals surface area contributed by atoms with Crippen LogP contribution in [0.15, 0.2) is 200 Å². The van der Waals surface area contributed by atoms with Crippen LogP contribution < -0.4 is 21.1 Å². The second kappa shape index (κ2) is 12.0. The van der Waals surface area contributed by atoms with Crippen LogP contribution in [0.3, 0.4) is 0 Å². The van der Waals surface area contributed by atoms with Gasteiger partial charge in [0.2, 0.25) is 0 Å². The Balaban J connectivity index is 1.08. The first-order chi connectivity index (χ1) is 28.8. The number of ether oxygens (including phenoxy) is 1. The first kappa shape index (κ1) is 31.6. The first-order valence-electron chi connectivity index (χ1n) is 20.1. The highest BCUT2D eigenvalue weighted by Gasteiger charge is 2.37. The summed E-state index contributed by atoms with van der Waals surface area (Å²) in [5, 5.41) is 4.99. The highest BCUT2D eigenvalue weighted by atomic mass is 16.5. The summed E-state index contributed by atoms with van der Waals surface area (Å²) in [7, 11) is 0. The van der Waals surface area contributed by atoms with Gasteiger partial charge in [-0.25, -0.2) is 0 Å². The van der Waals surface area contributed by atoms with Crippen LogP contribution >= 0.6 is 0 Å². The molecule has 268 valence electrons. The van der Waals surface area contributed by atoms with Gasteiger partial charge < -0.3 is 13.9 Å². The first-order valence-corrected chi connectivity index (χ1v) is 20.1. The van der Waals surface area contributed by atoms with E-state index >= 15 is 0 Å². The van der Waals surface area contributed by atoms with Crippen LogP contribution in [0.25, 0.3) is 88.4 Å². The van der Waals surface area contributed by atoms with Crippen molar-refractivity contribution in [1.29, 1.82) is 0 Å². The molecule has 0 fully saturated rings. The molecular formula is C54H33BN2O. The lowest BCUT2D eigenvalue weighted by atomic mass is 9.34. The van der Waals surface area contributed by atoms with E-state index in [0.717, 1.165) is 22.9 Å². The Morgan fingerprint density at radius 2 is 0.793 bits per heavy atom. The van der Waals surface area contributed by atoms with Crippen LogP contribution in [0.2, 0.25) is 0 Å². The quantitative estimate of drug-likeness (QED) is 0.162. The molecule has 0 saturated heterocycles. The Bertz CT molecular complexity index is 3460. The molecule has 9 aromatic carbocycles. The predicted molar refractivity (Wildman–Crippen MR) is 243 cm³/mol. The molecule has 0 amide bonds. The summed E-state index contributed by atoms with van der Waals surface area (Å²) in [4.78, 5) is 0. The molecule has 11 aromatic rings. The van der Waals surface area contributed by atoms with Gasteiger partial charge in [-0.15, -0.1) is 0 Å². The molecule has 0 radical (unpaired) electrons. The molecule has 58 heavy (non-hydrogen) atoms. The fraction of sp³-hybridized carbons (Fsp3) is 0. The van der Waals surface area contributed by atoms with Crippen molar-refractivity contribution in [2.75, 3.05) is 0 Å². The van der Waals surface area contributed by atoms with Gasteiger partial charge in [-0.2, -0.15) is 0 Å². The van der Waals surface area contributed by atoms with Crippen molar-refractivity contribution < 1.29 is 4.74 Å². The second-order valence-corrected chi connectivity index (χ2v) is 15.6. The van der Waals surface area contributed by atoms with E-state index < -0.39 is 0 Å². The topological polar surface area (TPSA) is 19.1 Å². The summed E-state index contributed by atoms with van der Waals surface area (Å²) in [6, 6.07) is 73.4. The SMILES string of the molecule is c1ccc2c(c1)Oc1cccc3c1B2c1ccccc1-c1cc(-n2c4ccccc4c4cc(-n5c6ccccc6c6ccccc65)ccc42)ccc1-c1ccccc1-3. The largest absolute Gasteiger partial charge is 0.458 e. The molecule has 0 atom stereocenters.